The molecular formula is C23H21F9N2O. The number of amides is 1. The van der Waals surface area contributed by atoms with Crippen LogP contribution in [0.3, 0.4) is 0 Å². The van der Waals surface area contributed by atoms with E-state index in [1.165, 1.54) is 21.9 Å². The van der Waals surface area contributed by atoms with E-state index < -0.39 is 46.8 Å². The van der Waals surface area contributed by atoms with E-state index in [1.54, 1.807) is 6.92 Å². The van der Waals surface area contributed by atoms with Gasteiger partial charge in [0.2, 0.25) is 5.91 Å². The van der Waals surface area contributed by atoms with Gasteiger partial charge in [-0.1, -0.05) is 19.1 Å². The second kappa shape index (κ2) is 9.62. The third kappa shape index (κ3) is 6.40. The molecule has 12 heteroatoms. The largest absolute Gasteiger partial charge is 0.418 e. The highest BCUT2D eigenvalue weighted by molar-refractivity contribution is 5.77. The molecule has 0 unspecified atom stereocenters. The molecule has 0 saturated carbocycles. The van der Waals surface area contributed by atoms with E-state index in [0.29, 0.717) is 23.8 Å². The van der Waals surface area contributed by atoms with E-state index in [4.69, 9.17) is 0 Å². The van der Waals surface area contributed by atoms with Crippen LogP contribution in [0.15, 0.2) is 42.5 Å². The van der Waals surface area contributed by atoms with Crippen LogP contribution in [0.25, 0.3) is 0 Å². The smallest absolute Gasteiger partial charge is 0.367 e. The van der Waals surface area contributed by atoms with Crippen molar-refractivity contribution in [3.8, 4) is 0 Å². The van der Waals surface area contributed by atoms with Gasteiger partial charge in [0.25, 0.3) is 0 Å². The van der Waals surface area contributed by atoms with Crippen molar-refractivity contribution in [2.45, 2.75) is 37.8 Å². The zero-order valence-corrected chi connectivity index (χ0v) is 18.4. The summed E-state index contributed by atoms with van der Waals surface area (Å²) in [4.78, 5) is 15.2. The van der Waals surface area contributed by atoms with Gasteiger partial charge in [-0.05, 0) is 41.8 Å². The second-order valence-electron chi connectivity index (χ2n) is 8.32. The van der Waals surface area contributed by atoms with Crippen LogP contribution in [-0.4, -0.2) is 37.0 Å². The molecule has 0 N–H and O–H groups in total. The predicted octanol–water partition coefficient (Wildman–Crippen LogP) is 6.59. The molecule has 0 aromatic heterocycles. The van der Waals surface area contributed by atoms with Gasteiger partial charge in [-0.3, -0.25) is 4.79 Å². The lowest BCUT2D eigenvalue weighted by Gasteiger charge is -2.37. The number of piperazine rings is 1. The zero-order valence-electron chi connectivity index (χ0n) is 18.4. The van der Waals surface area contributed by atoms with Crippen LogP contribution in [0.2, 0.25) is 0 Å². The minimum atomic E-state index is -4.86. The van der Waals surface area contributed by atoms with Crippen LogP contribution < -0.4 is 4.90 Å². The first-order chi connectivity index (χ1) is 16.1. The number of alkyl halides is 9. The van der Waals surface area contributed by atoms with Crippen LogP contribution in [0, 0.1) is 0 Å². The summed E-state index contributed by atoms with van der Waals surface area (Å²) in [7, 11) is 0. The molecular weight excluding hydrogens is 491 g/mol. The van der Waals surface area contributed by atoms with E-state index >= 15 is 0 Å². The number of carbonyl (C=O) groups excluding carboxylic acids is 1. The molecule has 1 aliphatic heterocycles. The highest BCUT2D eigenvalue weighted by Gasteiger charge is 2.39. The average Bonchev–Trinajstić information content (AvgIpc) is 2.77. The van der Waals surface area contributed by atoms with E-state index in [1.807, 2.05) is 0 Å². The van der Waals surface area contributed by atoms with Crippen LogP contribution in [0.4, 0.5) is 45.2 Å². The number of benzene rings is 2. The molecule has 0 radical (unpaired) electrons. The maximum atomic E-state index is 13.4. The van der Waals surface area contributed by atoms with Gasteiger partial charge >= 0.3 is 18.5 Å². The second-order valence-corrected chi connectivity index (χ2v) is 8.32. The summed E-state index contributed by atoms with van der Waals surface area (Å²) < 4.78 is 118. The normalized spacial score (nSPS) is 16.4. The van der Waals surface area contributed by atoms with E-state index in [-0.39, 0.29) is 38.5 Å². The first-order valence-corrected chi connectivity index (χ1v) is 10.6. The lowest BCUT2D eigenvalue weighted by atomic mass is 9.96. The first-order valence-electron chi connectivity index (χ1n) is 10.6. The lowest BCUT2D eigenvalue weighted by molar-refractivity contribution is -0.141. The third-order valence-electron chi connectivity index (χ3n) is 5.89. The van der Waals surface area contributed by atoms with Gasteiger partial charge in [0, 0.05) is 38.3 Å². The first kappa shape index (κ1) is 26.7. The van der Waals surface area contributed by atoms with Crippen molar-refractivity contribution in [1.29, 1.82) is 0 Å². The Balaban J connectivity index is 1.67. The summed E-state index contributed by atoms with van der Waals surface area (Å²) in [6.45, 7) is 1.43. The van der Waals surface area contributed by atoms with Crippen molar-refractivity contribution in [2.24, 2.45) is 0 Å². The van der Waals surface area contributed by atoms with Gasteiger partial charge in [0.15, 0.2) is 0 Å². The molecule has 0 spiro atoms. The molecule has 0 bridgehead atoms. The topological polar surface area (TPSA) is 23.6 Å². The van der Waals surface area contributed by atoms with Crippen LogP contribution in [0.5, 0.6) is 0 Å². The van der Waals surface area contributed by atoms with Crippen molar-refractivity contribution < 1.29 is 44.3 Å². The van der Waals surface area contributed by atoms with Gasteiger partial charge in [0.1, 0.15) is 0 Å². The van der Waals surface area contributed by atoms with Crippen molar-refractivity contribution in [3.05, 3.63) is 64.7 Å². The highest BCUT2D eigenvalue weighted by Crippen LogP contribution is 2.41. The molecule has 1 heterocycles. The lowest BCUT2D eigenvalue weighted by Crippen LogP contribution is -2.49. The summed E-state index contributed by atoms with van der Waals surface area (Å²) in [5.41, 5.74) is -3.30. The molecule has 3 rings (SSSR count). The predicted molar refractivity (Wildman–Crippen MR) is 110 cm³/mol. The molecule has 2 aromatic rings. The fourth-order valence-electron chi connectivity index (χ4n) is 3.92. The van der Waals surface area contributed by atoms with E-state index in [9.17, 15) is 44.3 Å². The maximum absolute atomic E-state index is 13.4. The summed E-state index contributed by atoms with van der Waals surface area (Å²) in [5, 5.41) is 0. The van der Waals surface area contributed by atoms with Crippen molar-refractivity contribution in [2.75, 3.05) is 31.1 Å². The number of hydrogen-bond acceptors (Lipinski definition) is 2. The molecule has 3 nitrogen and oxygen atoms in total. The number of rotatable bonds is 4. The Bertz CT molecular complexity index is 1030. The van der Waals surface area contributed by atoms with Gasteiger partial charge < -0.3 is 9.80 Å². The van der Waals surface area contributed by atoms with Gasteiger partial charge in [-0.15, -0.1) is 0 Å². The number of carbonyl (C=O) groups is 1. The van der Waals surface area contributed by atoms with Crippen molar-refractivity contribution in [3.63, 3.8) is 0 Å². The SMILES string of the molecule is C[C@H](CC(=O)N1CCN(c2cc(C(F)(F)F)ccc2C(F)(F)F)CC1)c1ccc(C(F)(F)F)cc1. The summed E-state index contributed by atoms with van der Waals surface area (Å²) in [5.74, 6) is -0.764. The number of nitrogens with zero attached hydrogens (tertiary/aromatic N) is 2. The van der Waals surface area contributed by atoms with Gasteiger partial charge in [-0.25, -0.2) is 0 Å². The van der Waals surface area contributed by atoms with Crippen molar-refractivity contribution in [1.82, 2.24) is 4.90 Å². The van der Waals surface area contributed by atoms with Crippen LogP contribution >= 0.6 is 0 Å². The van der Waals surface area contributed by atoms with Crippen LogP contribution in [0.1, 0.15) is 41.5 Å². The highest BCUT2D eigenvalue weighted by atomic mass is 19.4. The van der Waals surface area contributed by atoms with E-state index in [0.717, 1.165) is 12.1 Å². The summed E-state index contributed by atoms with van der Waals surface area (Å²) in [6.07, 6.45) is -14.2. The third-order valence-corrected chi connectivity index (χ3v) is 5.89. The minimum Gasteiger partial charge on any atom is -0.367 e. The fourth-order valence-corrected chi connectivity index (χ4v) is 3.92. The Hall–Kier alpha value is -2.92. The Morgan fingerprint density at radius 3 is 1.77 bits per heavy atom. The quantitative estimate of drug-likeness (QED) is 0.432. The molecule has 192 valence electrons. The number of halogens is 9. The molecule has 1 amide bonds. The average molecular weight is 512 g/mol. The Labute approximate surface area is 195 Å². The van der Waals surface area contributed by atoms with Gasteiger partial charge in [-0.2, -0.15) is 39.5 Å². The molecule has 2 aromatic carbocycles. The Morgan fingerprint density at radius 2 is 1.29 bits per heavy atom. The number of anilines is 1. The molecule has 1 aliphatic rings. The molecule has 35 heavy (non-hydrogen) atoms. The molecule has 1 fully saturated rings. The van der Waals surface area contributed by atoms with Crippen LogP contribution in [-0.2, 0) is 23.3 Å². The zero-order chi connectivity index (χ0) is 26.2. The fraction of sp³-hybridized carbons (Fsp3) is 0.435. The molecule has 0 aliphatic carbocycles. The molecule has 1 saturated heterocycles. The summed E-state index contributed by atoms with van der Waals surface area (Å²) in [6, 6.07) is 5.66. The standard InChI is InChI=1S/C23H21F9N2O/c1-14(15-2-4-16(5-3-15)21(24,25)26)12-20(35)34-10-8-33(9-11-34)19-13-17(22(27,28)29)6-7-18(19)23(30,31)32/h2-7,13-14H,8-12H2,1H3/t14-/m1/s1. The van der Waals surface area contributed by atoms with E-state index in [2.05, 4.69) is 0 Å². The number of hydrogen-bond donors (Lipinski definition) is 0. The van der Waals surface area contributed by atoms with Crippen molar-refractivity contribution >= 4 is 11.6 Å². The maximum Gasteiger partial charge on any atom is 0.418 e. The minimum absolute atomic E-state index is 0.00783. The monoisotopic (exact) mass is 512 g/mol. The van der Waals surface area contributed by atoms with Gasteiger partial charge in [0.05, 0.1) is 16.7 Å². The molecule has 1 atom stereocenters. The Kier molecular flexibility index (Phi) is 7.33. The summed E-state index contributed by atoms with van der Waals surface area (Å²) >= 11 is 0. The Morgan fingerprint density at radius 1 is 0.771 bits per heavy atom.